The highest BCUT2D eigenvalue weighted by atomic mass is 19.4. The molecule has 28 heavy (non-hydrogen) atoms. The number of nitrogens with zero attached hydrogens (tertiary/aromatic N) is 4. The second kappa shape index (κ2) is 7.61. The molecule has 0 saturated carbocycles. The molecule has 0 aliphatic carbocycles. The molecular formula is C20H20F3N5. The van der Waals surface area contributed by atoms with Gasteiger partial charge >= 0.3 is 6.18 Å². The number of benzene rings is 1. The molecule has 0 bridgehead atoms. The van der Waals surface area contributed by atoms with Gasteiger partial charge in [0.05, 0.1) is 10.9 Å². The van der Waals surface area contributed by atoms with Crippen LogP contribution in [0.1, 0.15) is 30.4 Å². The molecule has 0 atom stereocenters. The molecule has 3 heterocycles. The van der Waals surface area contributed by atoms with E-state index in [9.17, 15) is 13.2 Å². The Bertz CT molecular complexity index is 967. The van der Waals surface area contributed by atoms with Gasteiger partial charge in [-0.2, -0.15) is 23.1 Å². The normalized spacial score (nSPS) is 15.0. The lowest BCUT2D eigenvalue weighted by atomic mass is 10.1. The molecule has 4 rings (SSSR count). The standard InChI is InChI=1S/C20H20F3N5/c21-20(22,23)16-9-3-2-7-14(16)13-25-18-15-8-6-10-24-17(15)26-19(27-18)28-11-4-1-5-12-28/h2-3,6-10H,1,4-5,11-13H2,(H,24,25,26,27). The van der Waals surface area contributed by atoms with Gasteiger partial charge in [0.1, 0.15) is 5.82 Å². The molecule has 1 fully saturated rings. The first kappa shape index (κ1) is 18.5. The molecule has 1 aliphatic rings. The highest BCUT2D eigenvalue weighted by Crippen LogP contribution is 2.32. The van der Waals surface area contributed by atoms with Crippen LogP contribution < -0.4 is 10.2 Å². The summed E-state index contributed by atoms with van der Waals surface area (Å²) in [6.45, 7) is 1.75. The Morgan fingerprint density at radius 3 is 2.54 bits per heavy atom. The lowest BCUT2D eigenvalue weighted by Crippen LogP contribution is -2.31. The number of halogens is 3. The third kappa shape index (κ3) is 3.85. The van der Waals surface area contributed by atoms with E-state index in [1.807, 2.05) is 6.07 Å². The van der Waals surface area contributed by atoms with Crippen LogP contribution in [-0.4, -0.2) is 28.0 Å². The predicted molar refractivity (Wildman–Crippen MR) is 102 cm³/mol. The zero-order chi connectivity index (χ0) is 19.6. The summed E-state index contributed by atoms with van der Waals surface area (Å²) in [7, 11) is 0. The van der Waals surface area contributed by atoms with E-state index in [0.717, 1.165) is 32.0 Å². The van der Waals surface area contributed by atoms with Gasteiger partial charge in [-0.3, -0.25) is 0 Å². The molecule has 3 aromatic rings. The molecule has 0 spiro atoms. The molecule has 146 valence electrons. The minimum atomic E-state index is -4.40. The van der Waals surface area contributed by atoms with Crippen LogP contribution in [0.4, 0.5) is 24.9 Å². The number of pyridine rings is 1. The van der Waals surface area contributed by atoms with Crippen molar-refractivity contribution in [1.29, 1.82) is 0 Å². The number of nitrogens with one attached hydrogen (secondary N) is 1. The quantitative estimate of drug-likeness (QED) is 0.706. The van der Waals surface area contributed by atoms with Gasteiger partial charge in [0.25, 0.3) is 0 Å². The van der Waals surface area contributed by atoms with Crippen LogP contribution in [-0.2, 0) is 12.7 Å². The van der Waals surface area contributed by atoms with Gasteiger partial charge < -0.3 is 10.2 Å². The van der Waals surface area contributed by atoms with Gasteiger partial charge in [0.15, 0.2) is 5.65 Å². The Labute approximate surface area is 160 Å². The number of aromatic nitrogens is 3. The minimum absolute atomic E-state index is 0.0101. The molecule has 2 aromatic heterocycles. The topological polar surface area (TPSA) is 53.9 Å². The minimum Gasteiger partial charge on any atom is -0.365 e. The maximum Gasteiger partial charge on any atom is 0.416 e. The molecule has 1 aromatic carbocycles. The summed E-state index contributed by atoms with van der Waals surface area (Å²) in [5.74, 6) is 1.06. The maximum atomic E-state index is 13.3. The highest BCUT2D eigenvalue weighted by molar-refractivity contribution is 5.87. The van der Waals surface area contributed by atoms with E-state index in [1.54, 1.807) is 18.3 Å². The molecule has 8 heteroatoms. The van der Waals surface area contributed by atoms with Gasteiger partial charge in [0.2, 0.25) is 5.95 Å². The van der Waals surface area contributed by atoms with Crippen molar-refractivity contribution in [2.24, 2.45) is 0 Å². The summed E-state index contributed by atoms with van der Waals surface area (Å²) < 4.78 is 39.8. The summed E-state index contributed by atoms with van der Waals surface area (Å²) in [6, 6.07) is 9.15. The molecule has 0 amide bonds. The first-order valence-corrected chi connectivity index (χ1v) is 9.29. The average Bonchev–Trinajstić information content (AvgIpc) is 2.72. The number of alkyl halides is 3. The molecule has 0 radical (unpaired) electrons. The van der Waals surface area contributed by atoms with Crippen molar-refractivity contribution in [2.45, 2.75) is 32.0 Å². The fourth-order valence-electron chi connectivity index (χ4n) is 3.45. The van der Waals surface area contributed by atoms with Crippen molar-refractivity contribution < 1.29 is 13.2 Å². The Morgan fingerprint density at radius 2 is 1.75 bits per heavy atom. The van der Waals surface area contributed by atoms with Gasteiger partial charge in [-0.1, -0.05) is 18.2 Å². The van der Waals surface area contributed by atoms with Crippen molar-refractivity contribution in [2.75, 3.05) is 23.3 Å². The second-order valence-corrected chi connectivity index (χ2v) is 6.80. The highest BCUT2D eigenvalue weighted by Gasteiger charge is 2.32. The average molecular weight is 387 g/mol. The zero-order valence-electron chi connectivity index (χ0n) is 15.2. The Kier molecular flexibility index (Phi) is 5.02. The lowest BCUT2D eigenvalue weighted by molar-refractivity contribution is -0.138. The van der Waals surface area contributed by atoms with E-state index >= 15 is 0 Å². The second-order valence-electron chi connectivity index (χ2n) is 6.80. The third-order valence-electron chi connectivity index (χ3n) is 4.87. The SMILES string of the molecule is FC(F)(F)c1ccccc1CNc1nc(N2CCCCC2)nc2ncccc12. The van der Waals surface area contributed by atoms with Crippen molar-refractivity contribution in [3.8, 4) is 0 Å². The summed E-state index contributed by atoms with van der Waals surface area (Å²) >= 11 is 0. The van der Waals surface area contributed by atoms with Crippen molar-refractivity contribution >= 4 is 22.8 Å². The van der Waals surface area contributed by atoms with Gasteiger partial charge in [-0.15, -0.1) is 0 Å². The number of fused-ring (bicyclic) bond motifs is 1. The Balaban J connectivity index is 1.67. The number of hydrogen-bond acceptors (Lipinski definition) is 5. The smallest absolute Gasteiger partial charge is 0.365 e. The number of rotatable bonds is 4. The monoisotopic (exact) mass is 387 g/mol. The van der Waals surface area contributed by atoms with E-state index in [0.29, 0.717) is 22.8 Å². The van der Waals surface area contributed by atoms with Crippen LogP contribution in [0.5, 0.6) is 0 Å². The van der Waals surface area contributed by atoms with E-state index in [-0.39, 0.29) is 12.1 Å². The number of hydrogen-bond donors (Lipinski definition) is 1. The van der Waals surface area contributed by atoms with Crippen LogP contribution in [0.2, 0.25) is 0 Å². The van der Waals surface area contributed by atoms with Crippen LogP contribution in [0, 0.1) is 0 Å². The van der Waals surface area contributed by atoms with Crippen LogP contribution in [0.25, 0.3) is 11.0 Å². The van der Waals surface area contributed by atoms with Gasteiger partial charge in [0, 0.05) is 25.8 Å². The maximum absolute atomic E-state index is 13.3. The van der Waals surface area contributed by atoms with E-state index in [1.165, 1.54) is 18.6 Å². The Morgan fingerprint density at radius 1 is 0.964 bits per heavy atom. The number of piperidine rings is 1. The molecular weight excluding hydrogens is 367 g/mol. The molecule has 1 N–H and O–H groups in total. The van der Waals surface area contributed by atoms with Crippen molar-refractivity contribution in [3.05, 3.63) is 53.7 Å². The predicted octanol–water partition coefficient (Wildman–Crippen LogP) is 4.65. The molecule has 1 saturated heterocycles. The van der Waals surface area contributed by atoms with Crippen LogP contribution in [0.15, 0.2) is 42.6 Å². The fourth-order valence-corrected chi connectivity index (χ4v) is 3.45. The Hall–Kier alpha value is -2.90. The van der Waals surface area contributed by atoms with Crippen molar-refractivity contribution in [3.63, 3.8) is 0 Å². The van der Waals surface area contributed by atoms with E-state index < -0.39 is 11.7 Å². The van der Waals surface area contributed by atoms with E-state index in [2.05, 4.69) is 25.2 Å². The van der Waals surface area contributed by atoms with Crippen LogP contribution >= 0.6 is 0 Å². The summed E-state index contributed by atoms with van der Waals surface area (Å²) in [4.78, 5) is 15.6. The fraction of sp³-hybridized carbons (Fsp3) is 0.350. The zero-order valence-corrected chi connectivity index (χ0v) is 15.2. The summed E-state index contributed by atoms with van der Waals surface area (Å²) in [6.07, 6.45) is 0.586. The summed E-state index contributed by atoms with van der Waals surface area (Å²) in [5.41, 5.74) is 0.0603. The van der Waals surface area contributed by atoms with Crippen LogP contribution in [0.3, 0.4) is 0 Å². The van der Waals surface area contributed by atoms with Crippen molar-refractivity contribution in [1.82, 2.24) is 15.0 Å². The lowest BCUT2D eigenvalue weighted by Gasteiger charge is -2.27. The van der Waals surface area contributed by atoms with Gasteiger partial charge in [-0.25, -0.2) is 4.98 Å². The third-order valence-corrected chi connectivity index (χ3v) is 4.87. The van der Waals surface area contributed by atoms with E-state index in [4.69, 9.17) is 0 Å². The van der Waals surface area contributed by atoms with Gasteiger partial charge in [-0.05, 0) is 43.0 Å². The number of anilines is 2. The largest absolute Gasteiger partial charge is 0.416 e. The summed E-state index contributed by atoms with van der Waals surface area (Å²) in [5, 5.41) is 3.77. The first-order valence-electron chi connectivity index (χ1n) is 9.29. The first-order chi connectivity index (χ1) is 13.5. The molecule has 1 aliphatic heterocycles. The molecule has 5 nitrogen and oxygen atoms in total. The molecule has 0 unspecified atom stereocenters.